The van der Waals surface area contributed by atoms with Crippen LogP contribution >= 0.6 is 22.9 Å². The van der Waals surface area contributed by atoms with Crippen LogP contribution < -0.4 is 5.32 Å². The number of benzene rings is 1. The third-order valence-electron chi connectivity index (χ3n) is 3.51. The van der Waals surface area contributed by atoms with Gasteiger partial charge in [0.15, 0.2) is 0 Å². The molecule has 2 heterocycles. The van der Waals surface area contributed by atoms with Gasteiger partial charge >= 0.3 is 12.1 Å². The number of hydrogen-bond donors (Lipinski definition) is 1. The summed E-state index contributed by atoms with van der Waals surface area (Å²) in [7, 11) is 1.28. The van der Waals surface area contributed by atoms with Crippen molar-refractivity contribution in [2.75, 3.05) is 24.9 Å². The van der Waals surface area contributed by atoms with E-state index in [2.05, 4.69) is 10.3 Å². The van der Waals surface area contributed by atoms with Crippen molar-refractivity contribution in [3.8, 4) is 10.6 Å². The fourth-order valence-electron chi connectivity index (χ4n) is 2.42. The lowest BCUT2D eigenvalue weighted by molar-refractivity contribution is 0.0599. The highest BCUT2D eigenvalue weighted by Crippen LogP contribution is 2.40. The first kappa shape index (κ1) is 18.2. The minimum atomic E-state index is -0.738. The first-order valence-electron chi connectivity index (χ1n) is 7.62. The van der Waals surface area contributed by atoms with Crippen LogP contribution in [0.4, 0.5) is 10.7 Å². The van der Waals surface area contributed by atoms with E-state index in [0.29, 0.717) is 16.3 Å². The van der Waals surface area contributed by atoms with Crippen molar-refractivity contribution in [3.63, 3.8) is 0 Å². The molecule has 1 amide bonds. The highest BCUT2D eigenvalue weighted by atomic mass is 35.5. The number of esters is 1. The van der Waals surface area contributed by atoms with Crippen molar-refractivity contribution < 1.29 is 23.5 Å². The van der Waals surface area contributed by atoms with Gasteiger partial charge in [0, 0.05) is 0 Å². The molecule has 1 N–H and O–H groups in total. The Morgan fingerprint density at radius 3 is 2.81 bits per heavy atom. The molecule has 0 atom stereocenters. The second-order valence-corrected chi connectivity index (χ2v) is 6.57. The Kier molecular flexibility index (Phi) is 5.43. The van der Waals surface area contributed by atoms with Crippen molar-refractivity contribution in [2.45, 2.75) is 6.92 Å². The predicted octanol–water partition coefficient (Wildman–Crippen LogP) is 4.44. The van der Waals surface area contributed by atoms with E-state index in [1.807, 2.05) is 24.3 Å². The van der Waals surface area contributed by atoms with E-state index in [4.69, 9.17) is 25.5 Å². The Bertz CT molecular complexity index is 932. The molecule has 0 saturated carbocycles. The summed E-state index contributed by atoms with van der Waals surface area (Å²) in [6.45, 7) is 1.66. The number of thiazole rings is 1. The molecule has 26 heavy (non-hydrogen) atoms. The second-order valence-electron chi connectivity index (χ2n) is 5.17. The average molecular weight is 395 g/mol. The Morgan fingerprint density at radius 1 is 1.35 bits per heavy atom. The van der Waals surface area contributed by atoms with Gasteiger partial charge in [-0.15, -0.1) is 22.9 Å². The zero-order valence-electron chi connectivity index (χ0n) is 14.0. The molecule has 7 nitrogen and oxygen atoms in total. The number of carbonyl (C=O) groups excluding carboxylic acids is 2. The summed E-state index contributed by atoms with van der Waals surface area (Å²) in [5.41, 5.74) is 1.34. The van der Waals surface area contributed by atoms with Crippen molar-refractivity contribution >= 4 is 51.1 Å². The quantitative estimate of drug-likeness (QED) is 0.508. The zero-order valence-corrected chi connectivity index (χ0v) is 15.6. The summed E-state index contributed by atoms with van der Waals surface area (Å²) < 4.78 is 16.3. The van der Waals surface area contributed by atoms with Gasteiger partial charge in [0.1, 0.15) is 22.9 Å². The van der Waals surface area contributed by atoms with E-state index < -0.39 is 12.1 Å². The molecular formula is C17H15ClN2O5S. The number of alkyl halides is 1. The summed E-state index contributed by atoms with van der Waals surface area (Å²) in [5, 5.41) is 3.02. The van der Waals surface area contributed by atoms with Gasteiger partial charge in [-0.3, -0.25) is 5.32 Å². The molecule has 0 spiro atoms. The number of rotatable bonds is 5. The summed E-state index contributed by atoms with van der Waals surface area (Å²) >= 11 is 6.89. The number of anilines is 1. The van der Waals surface area contributed by atoms with Crippen LogP contribution in [0.2, 0.25) is 0 Å². The lowest BCUT2D eigenvalue weighted by atomic mass is 10.1. The maximum Gasteiger partial charge on any atom is 0.414 e. The highest BCUT2D eigenvalue weighted by molar-refractivity contribution is 7.21. The lowest BCUT2D eigenvalue weighted by Gasteiger charge is -2.05. The van der Waals surface area contributed by atoms with Gasteiger partial charge in [-0.1, -0.05) is 12.1 Å². The fraction of sp³-hybridized carbons (Fsp3) is 0.235. The molecule has 1 aromatic carbocycles. The van der Waals surface area contributed by atoms with Gasteiger partial charge < -0.3 is 13.9 Å². The van der Waals surface area contributed by atoms with E-state index in [1.54, 1.807) is 6.92 Å². The SMILES string of the molecule is COC(=O)c1c(C)oc(NC(=O)OCCCl)c1-c1nc2ccccc2s1. The molecule has 2 aromatic heterocycles. The van der Waals surface area contributed by atoms with Gasteiger partial charge in [-0.05, 0) is 19.1 Å². The molecule has 9 heteroatoms. The average Bonchev–Trinajstić information content (AvgIpc) is 3.19. The van der Waals surface area contributed by atoms with Crippen LogP contribution in [0, 0.1) is 6.92 Å². The van der Waals surface area contributed by atoms with Gasteiger partial charge in [-0.2, -0.15) is 0 Å². The van der Waals surface area contributed by atoms with Gasteiger partial charge in [0.25, 0.3) is 0 Å². The number of furan rings is 1. The molecule has 0 unspecified atom stereocenters. The minimum Gasteiger partial charge on any atom is -0.465 e. The van der Waals surface area contributed by atoms with Crippen LogP contribution in [0.1, 0.15) is 16.1 Å². The minimum absolute atomic E-state index is 0.0490. The molecule has 0 bridgehead atoms. The summed E-state index contributed by atoms with van der Waals surface area (Å²) in [4.78, 5) is 28.7. The molecule has 0 aliphatic heterocycles. The molecule has 0 fully saturated rings. The molecule has 3 rings (SSSR count). The maximum absolute atomic E-state index is 12.2. The number of fused-ring (bicyclic) bond motifs is 1. The molecule has 0 aliphatic carbocycles. The third kappa shape index (κ3) is 3.51. The number of hydrogen-bond acceptors (Lipinski definition) is 7. The first-order valence-corrected chi connectivity index (χ1v) is 8.97. The van der Waals surface area contributed by atoms with Crippen LogP contribution in [0.3, 0.4) is 0 Å². The molecular weight excluding hydrogens is 380 g/mol. The van der Waals surface area contributed by atoms with Crippen molar-refractivity contribution in [3.05, 3.63) is 35.6 Å². The van der Waals surface area contributed by atoms with E-state index >= 15 is 0 Å². The number of halogens is 1. The Hall–Kier alpha value is -2.58. The van der Waals surface area contributed by atoms with Gasteiger partial charge in [-0.25, -0.2) is 14.6 Å². The van der Waals surface area contributed by atoms with E-state index in [-0.39, 0.29) is 23.9 Å². The highest BCUT2D eigenvalue weighted by Gasteiger charge is 2.29. The van der Waals surface area contributed by atoms with Gasteiger partial charge in [0.2, 0.25) is 5.88 Å². The number of methoxy groups -OCH3 is 1. The third-order valence-corrected chi connectivity index (χ3v) is 4.72. The molecule has 136 valence electrons. The Morgan fingerprint density at radius 2 is 2.12 bits per heavy atom. The monoisotopic (exact) mass is 394 g/mol. The number of nitrogens with one attached hydrogen (secondary N) is 1. The molecule has 0 radical (unpaired) electrons. The number of para-hydroxylation sites is 1. The van der Waals surface area contributed by atoms with Crippen LogP contribution in [0.5, 0.6) is 0 Å². The molecule has 0 aliphatic rings. The Balaban J connectivity index is 2.10. The van der Waals surface area contributed by atoms with Crippen molar-refractivity contribution in [2.24, 2.45) is 0 Å². The van der Waals surface area contributed by atoms with Crippen molar-refractivity contribution in [1.82, 2.24) is 4.98 Å². The van der Waals surface area contributed by atoms with E-state index in [0.717, 1.165) is 10.2 Å². The number of aryl methyl sites for hydroxylation is 1. The van der Waals surface area contributed by atoms with Gasteiger partial charge in [0.05, 0.1) is 28.8 Å². The predicted molar refractivity (Wildman–Crippen MR) is 99.1 cm³/mol. The number of aromatic nitrogens is 1. The first-order chi connectivity index (χ1) is 12.5. The van der Waals surface area contributed by atoms with E-state index in [9.17, 15) is 9.59 Å². The normalized spacial score (nSPS) is 10.7. The standard InChI is InChI=1S/C17H15ClN2O5S/c1-9-12(16(21)23-2)13(14(25-9)20-17(22)24-8-7-18)15-19-10-5-3-4-6-11(10)26-15/h3-6H,7-8H2,1-2H3,(H,20,22). The zero-order chi connectivity index (χ0) is 18.7. The largest absolute Gasteiger partial charge is 0.465 e. The fourth-order valence-corrected chi connectivity index (χ4v) is 3.51. The number of carbonyl (C=O) groups is 2. The van der Waals surface area contributed by atoms with Crippen LogP contribution in [-0.2, 0) is 9.47 Å². The maximum atomic E-state index is 12.2. The van der Waals surface area contributed by atoms with Crippen LogP contribution in [-0.4, -0.2) is 36.6 Å². The smallest absolute Gasteiger partial charge is 0.414 e. The Labute approximate surface area is 157 Å². The van der Waals surface area contributed by atoms with Crippen molar-refractivity contribution in [1.29, 1.82) is 0 Å². The summed E-state index contributed by atoms with van der Waals surface area (Å²) in [6.07, 6.45) is -0.738. The lowest BCUT2D eigenvalue weighted by Crippen LogP contribution is -2.15. The number of nitrogens with zero attached hydrogens (tertiary/aromatic N) is 1. The topological polar surface area (TPSA) is 90.7 Å². The molecule has 0 saturated heterocycles. The van der Waals surface area contributed by atoms with Crippen LogP contribution in [0.25, 0.3) is 20.8 Å². The second kappa shape index (κ2) is 7.76. The summed E-state index contributed by atoms with van der Waals surface area (Å²) in [5.74, 6) is -0.0362. The van der Waals surface area contributed by atoms with E-state index in [1.165, 1.54) is 18.4 Å². The summed E-state index contributed by atoms with van der Waals surface area (Å²) in [6, 6.07) is 7.55. The molecule has 3 aromatic rings. The number of ether oxygens (including phenoxy) is 2. The van der Waals surface area contributed by atoms with Crippen LogP contribution in [0.15, 0.2) is 28.7 Å². The number of amides is 1.